The van der Waals surface area contributed by atoms with E-state index >= 15 is 0 Å². The molecule has 21 heavy (non-hydrogen) atoms. The van der Waals surface area contributed by atoms with E-state index in [0.717, 1.165) is 57.9 Å². The Hall–Kier alpha value is -1.66. The van der Waals surface area contributed by atoms with Crippen LogP contribution in [0.25, 0.3) is 0 Å². The van der Waals surface area contributed by atoms with E-state index in [1.807, 2.05) is 6.07 Å². The van der Waals surface area contributed by atoms with Crippen LogP contribution in [0, 0.1) is 10.1 Å². The normalized spacial score (nSPS) is 19.8. The summed E-state index contributed by atoms with van der Waals surface area (Å²) in [5, 5.41) is 10.9. The van der Waals surface area contributed by atoms with Gasteiger partial charge in [-0.2, -0.15) is 0 Å². The van der Waals surface area contributed by atoms with E-state index in [2.05, 4.69) is 21.7 Å². The highest BCUT2D eigenvalue weighted by Crippen LogP contribution is 2.31. The van der Waals surface area contributed by atoms with Crippen LogP contribution in [-0.4, -0.2) is 67.6 Å². The molecule has 0 unspecified atom stereocenters. The van der Waals surface area contributed by atoms with Crippen LogP contribution in [0.2, 0.25) is 0 Å². The fourth-order valence-electron chi connectivity index (χ4n) is 3.11. The number of benzene rings is 1. The summed E-state index contributed by atoms with van der Waals surface area (Å²) >= 11 is 0. The van der Waals surface area contributed by atoms with E-state index in [0.29, 0.717) is 0 Å². The van der Waals surface area contributed by atoms with Crippen molar-refractivity contribution in [3.05, 3.63) is 33.9 Å². The summed E-state index contributed by atoms with van der Waals surface area (Å²) in [6.07, 6.45) is 0.996. The van der Waals surface area contributed by atoms with Gasteiger partial charge < -0.3 is 9.80 Å². The molecule has 2 heterocycles. The van der Waals surface area contributed by atoms with Gasteiger partial charge in [-0.1, -0.05) is 6.07 Å². The Labute approximate surface area is 125 Å². The summed E-state index contributed by atoms with van der Waals surface area (Å²) in [5.41, 5.74) is 2.48. The zero-order chi connectivity index (χ0) is 14.8. The molecule has 1 aromatic rings. The Balaban J connectivity index is 1.61. The van der Waals surface area contributed by atoms with Gasteiger partial charge in [0.05, 0.1) is 4.92 Å². The van der Waals surface area contributed by atoms with Crippen LogP contribution in [0.4, 0.5) is 11.4 Å². The standard InChI is InChI=1S/C15H22N4O2/c1-16-6-8-17(9-7-16)10-11-18-5-4-13-2-3-14(19(20)21)12-15(13)18/h2-3,12H,4-11H2,1H3. The van der Waals surface area contributed by atoms with Gasteiger partial charge in [0.2, 0.25) is 0 Å². The zero-order valence-electron chi connectivity index (χ0n) is 12.5. The van der Waals surface area contributed by atoms with Crippen molar-refractivity contribution >= 4 is 11.4 Å². The first-order chi connectivity index (χ1) is 10.1. The Kier molecular flexibility index (Phi) is 4.07. The van der Waals surface area contributed by atoms with Gasteiger partial charge in [-0.15, -0.1) is 0 Å². The van der Waals surface area contributed by atoms with E-state index < -0.39 is 0 Å². The summed E-state index contributed by atoms with van der Waals surface area (Å²) in [6, 6.07) is 5.25. The molecule has 2 aliphatic heterocycles. The van der Waals surface area contributed by atoms with Crippen molar-refractivity contribution < 1.29 is 4.92 Å². The molecule has 114 valence electrons. The first-order valence-corrected chi connectivity index (χ1v) is 7.56. The number of non-ortho nitro benzene ring substituents is 1. The van der Waals surface area contributed by atoms with Crippen LogP contribution in [0.15, 0.2) is 18.2 Å². The number of nitro benzene ring substituents is 1. The van der Waals surface area contributed by atoms with Crippen molar-refractivity contribution in [1.29, 1.82) is 0 Å². The number of nitro groups is 1. The molecule has 1 saturated heterocycles. The zero-order valence-corrected chi connectivity index (χ0v) is 12.5. The van der Waals surface area contributed by atoms with E-state index in [1.165, 1.54) is 5.56 Å². The van der Waals surface area contributed by atoms with Crippen LogP contribution in [0.1, 0.15) is 5.56 Å². The number of hydrogen-bond acceptors (Lipinski definition) is 5. The molecule has 6 heteroatoms. The second-order valence-corrected chi connectivity index (χ2v) is 5.95. The van der Waals surface area contributed by atoms with E-state index in [-0.39, 0.29) is 10.6 Å². The second kappa shape index (κ2) is 5.99. The monoisotopic (exact) mass is 290 g/mol. The third kappa shape index (κ3) is 3.16. The Morgan fingerprint density at radius 3 is 2.62 bits per heavy atom. The molecule has 0 bridgehead atoms. The number of hydrogen-bond donors (Lipinski definition) is 0. The number of anilines is 1. The van der Waals surface area contributed by atoms with Crippen LogP contribution in [0.3, 0.4) is 0 Å². The van der Waals surface area contributed by atoms with Gasteiger partial charge in [0.1, 0.15) is 0 Å². The summed E-state index contributed by atoms with van der Waals surface area (Å²) in [5.74, 6) is 0. The molecule has 1 aromatic carbocycles. The predicted molar refractivity (Wildman–Crippen MR) is 83.0 cm³/mol. The van der Waals surface area contributed by atoms with Gasteiger partial charge in [0, 0.05) is 63.6 Å². The number of rotatable bonds is 4. The molecule has 0 radical (unpaired) electrons. The topological polar surface area (TPSA) is 52.9 Å². The van der Waals surface area contributed by atoms with Crippen molar-refractivity contribution in [2.45, 2.75) is 6.42 Å². The molecule has 0 aromatic heterocycles. The van der Waals surface area contributed by atoms with Crippen molar-refractivity contribution in [1.82, 2.24) is 9.80 Å². The number of fused-ring (bicyclic) bond motifs is 1. The van der Waals surface area contributed by atoms with Gasteiger partial charge in [0.25, 0.3) is 5.69 Å². The van der Waals surface area contributed by atoms with Crippen molar-refractivity contribution in [2.24, 2.45) is 0 Å². The van der Waals surface area contributed by atoms with Crippen LogP contribution >= 0.6 is 0 Å². The molecule has 1 fully saturated rings. The predicted octanol–water partition coefficient (Wildman–Crippen LogP) is 1.20. The molecule has 0 amide bonds. The maximum absolute atomic E-state index is 10.9. The number of likely N-dealkylation sites (N-methyl/N-ethyl adjacent to an activating group) is 1. The molecular weight excluding hydrogens is 268 g/mol. The van der Waals surface area contributed by atoms with Crippen molar-refractivity contribution in [3.63, 3.8) is 0 Å². The third-order valence-electron chi connectivity index (χ3n) is 4.55. The van der Waals surface area contributed by atoms with E-state index in [1.54, 1.807) is 12.1 Å². The molecule has 0 N–H and O–H groups in total. The van der Waals surface area contributed by atoms with Gasteiger partial charge in [-0.3, -0.25) is 15.0 Å². The van der Waals surface area contributed by atoms with Gasteiger partial charge in [-0.05, 0) is 19.0 Å². The van der Waals surface area contributed by atoms with E-state index in [9.17, 15) is 10.1 Å². The summed E-state index contributed by atoms with van der Waals surface area (Å²) < 4.78 is 0. The largest absolute Gasteiger partial charge is 0.369 e. The summed E-state index contributed by atoms with van der Waals surface area (Å²) in [7, 11) is 2.16. The fraction of sp³-hybridized carbons (Fsp3) is 0.600. The van der Waals surface area contributed by atoms with Gasteiger partial charge in [0.15, 0.2) is 0 Å². The summed E-state index contributed by atoms with van der Waals surface area (Å²) in [4.78, 5) is 17.7. The lowest BCUT2D eigenvalue weighted by Crippen LogP contribution is -2.46. The lowest BCUT2D eigenvalue weighted by molar-refractivity contribution is -0.384. The maximum Gasteiger partial charge on any atom is 0.271 e. The molecule has 0 aliphatic carbocycles. The SMILES string of the molecule is CN1CCN(CCN2CCc3ccc([N+](=O)[O-])cc32)CC1. The smallest absolute Gasteiger partial charge is 0.271 e. The molecule has 2 aliphatic rings. The Bertz CT molecular complexity index is 526. The highest BCUT2D eigenvalue weighted by atomic mass is 16.6. The Morgan fingerprint density at radius 1 is 1.14 bits per heavy atom. The molecule has 6 nitrogen and oxygen atoms in total. The average Bonchev–Trinajstić information content (AvgIpc) is 2.89. The summed E-state index contributed by atoms with van der Waals surface area (Å²) in [6.45, 7) is 7.46. The van der Waals surface area contributed by atoms with Crippen LogP contribution in [0.5, 0.6) is 0 Å². The number of nitrogens with zero attached hydrogens (tertiary/aromatic N) is 4. The first-order valence-electron chi connectivity index (χ1n) is 7.56. The minimum atomic E-state index is -0.308. The minimum absolute atomic E-state index is 0.195. The van der Waals surface area contributed by atoms with Crippen LogP contribution < -0.4 is 4.90 Å². The minimum Gasteiger partial charge on any atom is -0.369 e. The van der Waals surface area contributed by atoms with E-state index in [4.69, 9.17) is 0 Å². The molecule has 0 spiro atoms. The molecule has 0 saturated carbocycles. The van der Waals surface area contributed by atoms with Gasteiger partial charge >= 0.3 is 0 Å². The average molecular weight is 290 g/mol. The van der Waals surface area contributed by atoms with Crippen molar-refractivity contribution in [3.8, 4) is 0 Å². The molecule has 3 rings (SSSR count). The Morgan fingerprint density at radius 2 is 1.90 bits per heavy atom. The first kappa shape index (κ1) is 14.3. The molecule has 0 atom stereocenters. The maximum atomic E-state index is 10.9. The lowest BCUT2D eigenvalue weighted by Gasteiger charge is -2.33. The fourth-order valence-corrected chi connectivity index (χ4v) is 3.11. The highest BCUT2D eigenvalue weighted by Gasteiger charge is 2.23. The van der Waals surface area contributed by atoms with Crippen LogP contribution in [-0.2, 0) is 6.42 Å². The lowest BCUT2D eigenvalue weighted by atomic mass is 10.1. The molecular formula is C15H22N4O2. The highest BCUT2D eigenvalue weighted by molar-refractivity contribution is 5.62. The van der Waals surface area contributed by atoms with Gasteiger partial charge in [-0.25, -0.2) is 0 Å². The number of piperazine rings is 1. The quantitative estimate of drug-likeness (QED) is 0.616. The second-order valence-electron chi connectivity index (χ2n) is 5.95. The third-order valence-corrected chi connectivity index (χ3v) is 4.55. The van der Waals surface area contributed by atoms with Crippen molar-refractivity contribution in [2.75, 3.05) is 57.8 Å².